The van der Waals surface area contributed by atoms with Crippen molar-refractivity contribution in [2.24, 2.45) is 0 Å². The molecule has 0 N–H and O–H groups in total. The Balaban J connectivity index is 1.78. The van der Waals surface area contributed by atoms with Crippen LogP contribution in [0.2, 0.25) is 0 Å². The van der Waals surface area contributed by atoms with Crippen LogP contribution in [0.3, 0.4) is 0 Å². The van der Waals surface area contributed by atoms with Crippen molar-refractivity contribution < 1.29 is 18.8 Å². The van der Waals surface area contributed by atoms with Crippen LogP contribution in [0.4, 0.5) is 5.69 Å². The Morgan fingerprint density at radius 1 is 1.28 bits per heavy atom. The molecule has 152 valence electrons. The summed E-state index contributed by atoms with van der Waals surface area (Å²) in [6.45, 7) is 3.80. The maximum absolute atomic E-state index is 12.4. The van der Waals surface area contributed by atoms with E-state index in [1.54, 1.807) is 26.0 Å². The van der Waals surface area contributed by atoms with Gasteiger partial charge in [0.25, 0.3) is 11.6 Å². The first-order valence-corrected chi connectivity index (χ1v) is 9.70. The molecule has 8 heteroatoms. The van der Waals surface area contributed by atoms with Crippen LogP contribution in [-0.2, 0) is 4.74 Å². The average Bonchev–Trinajstić information content (AvgIpc) is 3.14. The molecule has 0 spiro atoms. The molecule has 1 atom stereocenters. The van der Waals surface area contributed by atoms with Gasteiger partial charge in [0.15, 0.2) is 5.43 Å². The van der Waals surface area contributed by atoms with Crippen molar-refractivity contribution in [1.82, 2.24) is 0 Å². The smallest absolute Gasteiger partial charge is 0.291 e. The Morgan fingerprint density at radius 2 is 1.97 bits per heavy atom. The summed E-state index contributed by atoms with van der Waals surface area (Å²) in [5.74, 6) is 0.687. The molecule has 1 aliphatic heterocycles. The minimum atomic E-state index is -0.430. The largest absolute Gasteiger partial charge is 0.468 e. The molecule has 0 unspecified atom stereocenters. The molecule has 3 rings (SSSR count). The summed E-state index contributed by atoms with van der Waals surface area (Å²) in [5.41, 5.74) is 2.77. The van der Waals surface area contributed by atoms with Crippen molar-refractivity contribution in [2.45, 2.75) is 26.4 Å². The molecule has 7 nitrogen and oxygen atoms in total. The third-order valence-corrected chi connectivity index (χ3v) is 5.16. The van der Waals surface area contributed by atoms with Crippen molar-refractivity contribution >= 4 is 27.7 Å². The lowest BCUT2D eigenvalue weighted by molar-refractivity contribution is -0.384. The normalized spacial score (nSPS) is 18.3. The number of hydrogen-bond donors (Lipinski definition) is 0. The van der Waals surface area contributed by atoms with Crippen molar-refractivity contribution in [3.8, 4) is 5.95 Å². The summed E-state index contributed by atoms with van der Waals surface area (Å²) in [7, 11) is 1.46. The number of non-ortho nitro benzene ring substituents is 1. The highest BCUT2D eigenvalue weighted by Gasteiger charge is 2.28. The number of methoxy groups -OCH3 is 1. The Hall–Kier alpha value is -2.71. The number of nitrogens with zero attached hydrogens (tertiary/aromatic N) is 1. The summed E-state index contributed by atoms with van der Waals surface area (Å²) < 4.78 is 17.6. The number of allylic oxidation sites excluding steroid dienone is 2. The molecule has 1 aliphatic rings. The van der Waals surface area contributed by atoms with Gasteiger partial charge in [-0.15, -0.1) is 0 Å². The van der Waals surface area contributed by atoms with E-state index in [0.29, 0.717) is 29.9 Å². The second-order valence-electron chi connectivity index (χ2n) is 6.72. The molecule has 0 amide bonds. The quantitative estimate of drug-likeness (QED) is 0.459. The molecule has 29 heavy (non-hydrogen) atoms. The number of nitro groups is 1. The maximum Gasteiger partial charge on any atom is 0.291 e. The fourth-order valence-electron chi connectivity index (χ4n) is 3.16. The van der Waals surface area contributed by atoms with Crippen molar-refractivity contribution in [3.63, 3.8) is 0 Å². The monoisotopic (exact) mass is 461 g/mol. The molecule has 2 heterocycles. The van der Waals surface area contributed by atoms with E-state index in [4.69, 9.17) is 13.9 Å². The Morgan fingerprint density at radius 3 is 2.59 bits per heavy atom. The lowest BCUT2D eigenvalue weighted by Gasteiger charge is -2.13. The topological polar surface area (TPSA) is 91.8 Å². The van der Waals surface area contributed by atoms with Gasteiger partial charge in [0.1, 0.15) is 11.9 Å². The summed E-state index contributed by atoms with van der Waals surface area (Å²) >= 11 is 3.51. The highest BCUT2D eigenvalue weighted by atomic mass is 79.9. The van der Waals surface area contributed by atoms with Gasteiger partial charge in [-0.2, -0.15) is 0 Å². The third kappa shape index (κ3) is 4.65. The van der Waals surface area contributed by atoms with Crippen LogP contribution in [0.5, 0.6) is 5.95 Å². The second-order valence-corrected chi connectivity index (χ2v) is 7.64. The van der Waals surface area contributed by atoms with Gasteiger partial charge < -0.3 is 13.9 Å². The molecule has 1 fully saturated rings. The molecule has 0 saturated carbocycles. The van der Waals surface area contributed by atoms with Crippen molar-refractivity contribution in [1.29, 1.82) is 0 Å². The summed E-state index contributed by atoms with van der Waals surface area (Å²) in [5, 5.41) is 10.7. The first kappa shape index (κ1) is 21.0. The number of rotatable bonds is 5. The first-order valence-electron chi connectivity index (χ1n) is 8.91. The van der Waals surface area contributed by atoms with Gasteiger partial charge >= 0.3 is 0 Å². The lowest BCUT2D eigenvalue weighted by Crippen LogP contribution is -2.15. The van der Waals surface area contributed by atoms with E-state index in [1.807, 2.05) is 12.2 Å². The SMILES string of the molecule is COc1oc([C@@H]2C/C(=C/C(Br)=C/c3ccc([N+](=O)[O-])cc3)CO2)c(C)c(=O)c1C. The molecule has 0 radical (unpaired) electrons. The zero-order valence-corrected chi connectivity index (χ0v) is 17.8. The molecular formula is C21H20BrNO6. The Kier molecular flexibility index (Phi) is 6.34. The predicted octanol–water partition coefficient (Wildman–Crippen LogP) is 5.00. The zero-order valence-electron chi connectivity index (χ0n) is 16.2. The standard InChI is InChI=1S/C21H20BrNO6/c1-12-19(24)13(2)21(27-3)29-20(12)18-10-15(11-28-18)9-16(22)8-14-4-6-17(7-5-14)23(25)26/h4-9,18H,10-11H2,1-3H3/b15-9-,16-8-/t18-/m0/s1. The van der Waals surface area contributed by atoms with E-state index >= 15 is 0 Å². The van der Waals surface area contributed by atoms with E-state index in [-0.39, 0.29) is 23.2 Å². The highest BCUT2D eigenvalue weighted by molar-refractivity contribution is 9.12. The lowest BCUT2D eigenvalue weighted by atomic mass is 10.0. The fourth-order valence-corrected chi connectivity index (χ4v) is 3.75. The average molecular weight is 462 g/mol. The van der Waals surface area contributed by atoms with Gasteiger partial charge in [0.2, 0.25) is 0 Å². The Labute approximate surface area is 175 Å². The Bertz CT molecular complexity index is 1050. The number of hydrogen-bond acceptors (Lipinski definition) is 6. The molecule has 2 aromatic rings. The molecule has 0 aliphatic carbocycles. The fraction of sp³-hybridized carbons (Fsp3) is 0.286. The minimum absolute atomic E-state index is 0.0500. The van der Waals surface area contributed by atoms with E-state index in [9.17, 15) is 14.9 Å². The van der Waals surface area contributed by atoms with E-state index in [0.717, 1.165) is 15.6 Å². The predicted molar refractivity (Wildman–Crippen MR) is 112 cm³/mol. The van der Waals surface area contributed by atoms with Gasteiger partial charge in [-0.3, -0.25) is 14.9 Å². The molecule has 1 saturated heterocycles. The van der Waals surface area contributed by atoms with Crippen LogP contribution in [0.15, 0.2) is 49.6 Å². The van der Waals surface area contributed by atoms with Crippen molar-refractivity contribution in [3.05, 3.63) is 83.2 Å². The van der Waals surface area contributed by atoms with E-state index in [1.165, 1.54) is 19.2 Å². The molecular weight excluding hydrogens is 442 g/mol. The van der Waals surface area contributed by atoms with Gasteiger partial charge in [0.05, 0.1) is 24.2 Å². The molecule has 0 bridgehead atoms. The van der Waals surface area contributed by atoms with Crippen molar-refractivity contribution in [2.75, 3.05) is 13.7 Å². The third-order valence-electron chi connectivity index (χ3n) is 4.71. The van der Waals surface area contributed by atoms with Gasteiger partial charge in [-0.1, -0.05) is 15.9 Å². The van der Waals surface area contributed by atoms with Crippen LogP contribution in [0.25, 0.3) is 6.08 Å². The van der Waals surface area contributed by atoms with Crippen LogP contribution in [0.1, 0.15) is 35.0 Å². The summed E-state index contributed by atoms with van der Waals surface area (Å²) in [6, 6.07) is 6.29. The van der Waals surface area contributed by atoms with Crippen LogP contribution in [0, 0.1) is 24.0 Å². The van der Waals surface area contributed by atoms with Crippen LogP contribution in [-0.4, -0.2) is 18.6 Å². The number of benzene rings is 1. The van der Waals surface area contributed by atoms with Crippen LogP contribution < -0.4 is 10.2 Å². The number of halogens is 1. The summed E-state index contributed by atoms with van der Waals surface area (Å²) in [4.78, 5) is 22.7. The van der Waals surface area contributed by atoms with E-state index < -0.39 is 4.92 Å². The van der Waals surface area contributed by atoms with Crippen LogP contribution >= 0.6 is 15.9 Å². The minimum Gasteiger partial charge on any atom is -0.468 e. The number of nitro benzene ring substituents is 1. The highest BCUT2D eigenvalue weighted by Crippen LogP contribution is 2.36. The van der Waals surface area contributed by atoms with Gasteiger partial charge in [-0.25, -0.2) is 0 Å². The number of ether oxygens (including phenoxy) is 2. The second kappa shape index (κ2) is 8.75. The molecule has 1 aromatic heterocycles. The van der Waals surface area contributed by atoms with E-state index in [2.05, 4.69) is 15.9 Å². The zero-order chi connectivity index (χ0) is 21.1. The van der Waals surface area contributed by atoms with Gasteiger partial charge in [0, 0.05) is 28.6 Å². The first-order chi connectivity index (χ1) is 13.8. The maximum atomic E-state index is 12.4. The molecule has 1 aromatic carbocycles. The van der Waals surface area contributed by atoms with Gasteiger partial charge in [-0.05, 0) is 49.3 Å². The summed E-state index contributed by atoms with van der Waals surface area (Å²) in [6.07, 6.45) is 4.03.